The van der Waals surface area contributed by atoms with Crippen molar-refractivity contribution >= 4 is 29.9 Å². The number of nitrogens with one attached hydrogen (secondary N) is 2. The first-order valence-electron chi connectivity index (χ1n) is 7.65. The van der Waals surface area contributed by atoms with Crippen molar-refractivity contribution in [1.82, 2.24) is 5.32 Å². The van der Waals surface area contributed by atoms with Gasteiger partial charge in [0.1, 0.15) is 0 Å². The highest BCUT2D eigenvalue weighted by molar-refractivity contribution is 5.96. The highest BCUT2D eigenvalue weighted by atomic mass is 35.5. The topological polar surface area (TPSA) is 84.2 Å². The first kappa shape index (κ1) is 19.2. The van der Waals surface area contributed by atoms with Gasteiger partial charge in [-0.15, -0.1) is 19.0 Å². The van der Waals surface area contributed by atoms with Crippen LogP contribution < -0.4 is 16.4 Å². The van der Waals surface area contributed by atoms with Crippen LogP contribution in [0, 0.1) is 11.8 Å². The van der Waals surface area contributed by atoms with Gasteiger partial charge in [0.2, 0.25) is 5.91 Å². The Bertz CT molecular complexity index is 545. The molecule has 0 aliphatic heterocycles. The molecule has 0 aromatic heterocycles. The maximum atomic E-state index is 12.3. The molecule has 1 aromatic carbocycles. The predicted molar refractivity (Wildman–Crippen MR) is 94.7 cm³/mol. The minimum Gasteiger partial charge on any atom is -0.349 e. The van der Waals surface area contributed by atoms with E-state index in [0.717, 1.165) is 19.3 Å². The van der Waals surface area contributed by atoms with Crippen LogP contribution in [0.2, 0.25) is 0 Å². The molecule has 126 valence electrons. The number of nitrogens with two attached hydrogens (primary N) is 1. The molecular formula is C17H24ClN3O2. The fraction of sp³-hybridized carbons (Fsp3) is 0.412. The van der Waals surface area contributed by atoms with Gasteiger partial charge in [0.15, 0.2) is 0 Å². The number of halogens is 1. The van der Waals surface area contributed by atoms with Crippen molar-refractivity contribution in [2.45, 2.75) is 19.3 Å². The van der Waals surface area contributed by atoms with E-state index in [1.807, 2.05) is 0 Å². The summed E-state index contributed by atoms with van der Waals surface area (Å²) in [6.07, 6.45) is 4.61. The van der Waals surface area contributed by atoms with Crippen LogP contribution in [0.15, 0.2) is 36.9 Å². The Morgan fingerprint density at radius 2 is 1.96 bits per heavy atom. The highest BCUT2D eigenvalue weighted by Crippen LogP contribution is 2.31. The highest BCUT2D eigenvalue weighted by Gasteiger charge is 2.31. The molecule has 0 radical (unpaired) electrons. The summed E-state index contributed by atoms with van der Waals surface area (Å²) in [6.45, 7) is 4.54. The average Bonchev–Trinajstić information content (AvgIpc) is 3.02. The molecule has 2 rings (SSSR count). The maximum absolute atomic E-state index is 12.3. The number of carbonyl (C=O) groups is 2. The molecule has 1 fully saturated rings. The van der Waals surface area contributed by atoms with Crippen LogP contribution >= 0.6 is 12.4 Å². The van der Waals surface area contributed by atoms with Crippen molar-refractivity contribution in [2.24, 2.45) is 17.6 Å². The average molecular weight is 338 g/mol. The van der Waals surface area contributed by atoms with Gasteiger partial charge in [0, 0.05) is 23.7 Å². The summed E-state index contributed by atoms with van der Waals surface area (Å²) in [4.78, 5) is 24.1. The van der Waals surface area contributed by atoms with E-state index in [-0.39, 0.29) is 36.1 Å². The van der Waals surface area contributed by atoms with Crippen molar-refractivity contribution < 1.29 is 9.59 Å². The SMILES string of the molecule is C=CCNC(=O)c1ccc(NC(=O)[C@@H]2CCC[C@@H]2CN)cc1.Cl. The number of rotatable bonds is 6. The zero-order valence-electron chi connectivity index (χ0n) is 13.1. The van der Waals surface area contributed by atoms with Crippen molar-refractivity contribution in [2.75, 3.05) is 18.4 Å². The molecule has 1 aliphatic rings. The molecule has 23 heavy (non-hydrogen) atoms. The second-order valence-corrected chi connectivity index (χ2v) is 5.60. The number of carbonyl (C=O) groups excluding carboxylic acids is 2. The van der Waals surface area contributed by atoms with E-state index < -0.39 is 0 Å². The van der Waals surface area contributed by atoms with E-state index in [9.17, 15) is 9.59 Å². The van der Waals surface area contributed by atoms with Gasteiger partial charge in [-0.2, -0.15) is 0 Å². The van der Waals surface area contributed by atoms with Gasteiger partial charge in [-0.25, -0.2) is 0 Å². The van der Waals surface area contributed by atoms with Crippen LogP contribution in [0.4, 0.5) is 5.69 Å². The summed E-state index contributed by atoms with van der Waals surface area (Å²) >= 11 is 0. The molecular weight excluding hydrogens is 314 g/mol. The fourth-order valence-electron chi connectivity index (χ4n) is 2.87. The number of benzene rings is 1. The van der Waals surface area contributed by atoms with Crippen molar-refractivity contribution in [1.29, 1.82) is 0 Å². The molecule has 2 amide bonds. The van der Waals surface area contributed by atoms with Crippen LogP contribution in [-0.4, -0.2) is 24.9 Å². The van der Waals surface area contributed by atoms with Gasteiger partial charge in [-0.1, -0.05) is 12.5 Å². The first-order valence-corrected chi connectivity index (χ1v) is 7.65. The first-order chi connectivity index (χ1) is 10.7. The summed E-state index contributed by atoms with van der Waals surface area (Å²) < 4.78 is 0. The number of hydrogen-bond donors (Lipinski definition) is 3. The normalized spacial score (nSPS) is 19.5. The smallest absolute Gasteiger partial charge is 0.251 e. The molecule has 2 atom stereocenters. The minimum absolute atomic E-state index is 0. The number of hydrogen-bond acceptors (Lipinski definition) is 3. The molecule has 0 saturated heterocycles. The van der Waals surface area contributed by atoms with Gasteiger partial charge >= 0.3 is 0 Å². The summed E-state index contributed by atoms with van der Waals surface area (Å²) in [7, 11) is 0. The third kappa shape index (κ3) is 5.08. The standard InChI is InChI=1S/C17H23N3O2.ClH/c1-2-10-19-16(21)12-6-8-14(9-7-12)20-17(22)15-5-3-4-13(15)11-18;/h2,6-9,13,15H,1,3-5,10-11,18H2,(H,19,21)(H,20,22);1H/t13-,15-;/m1./s1. The zero-order chi connectivity index (χ0) is 15.9. The van der Waals surface area contributed by atoms with E-state index in [2.05, 4.69) is 17.2 Å². The van der Waals surface area contributed by atoms with Gasteiger partial charge in [-0.05, 0) is 49.6 Å². The lowest BCUT2D eigenvalue weighted by atomic mass is 9.95. The van der Waals surface area contributed by atoms with Gasteiger partial charge in [-0.3, -0.25) is 9.59 Å². The number of amides is 2. The lowest BCUT2D eigenvalue weighted by Gasteiger charge is -2.17. The third-order valence-electron chi connectivity index (χ3n) is 4.12. The molecule has 4 N–H and O–H groups in total. The van der Waals surface area contributed by atoms with Gasteiger partial charge in [0.25, 0.3) is 5.91 Å². The fourth-order valence-corrected chi connectivity index (χ4v) is 2.87. The molecule has 5 nitrogen and oxygen atoms in total. The van der Waals surface area contributed by atoms with E-state index in [0.29, 0.717) is 24.3 Å². The molecule has 1 saturated carbocycles. The van der Waals surface area contributed by atoms with Crippen molar-refractivity contribution in [3.8, 4) is 0 Å². The Hall–Kier alpha value is -1.85. The zero-order valence-corrected chi connectivity index (χ0v) is 13.9. The molecule has 1 aliphatic carbocycles. The minimum atomic E-state index is -0.156. The van der Waals surface area contributed by atoms with Crippen LogP contribution in [0.25, 0.3) is 0 Å². The monoisotopic (exact) mass is 337 g/mol. The summed E-state index contributed by atoms with van der Waals surface area (Å²) in [6, 6.07) is 6.88. The van der Waals surface area contributed by atoms with Crippen LogP contribution in [-0.2, 0) is 4.79 Å². The molecule has 0 heterocycles. The quantitative estimate of drug-likeness (QED) is 0.696. The Kier molecular flexibility index (Phi) is 7.78. The summed E-state index contributed by atoms with van der Waals surface area (Å²) in [5.74, 6) is 0.151. The van der Waals surface area contributed by atoms with E-state index in [1.165, 1.54) is 0 Å². The Balaban J connectivity index is 0.00000264. The van der Waals surface area contributed by atoms with Gasteiger partial charge in [0.05, 0.1) is 0 Å². The van der Waals surface area contributed by atoms with Crippen molar-refractivity contribution in [3.05, 3.63) is 42.5 Å². The van der Waals surface area contributed by atoms with Crippen LogP contribution in [0.5, 0.6) is 0 Å². The number of anilines is 1. The van der Waals surface area contributed by atoms with E-state index >= 15 is 0 Å². The second kappa shape index (κ2) is 9.33. The van der Waals surface area contributed by atoms with Crippen molar-refractivity contribution in [3.63, 3.8) is 0 Å². The molecule has 0 unspecified atom stereocenters. The van der Waals surface area contributed by atoms with E-state index in [4.69, 9.17) is 5.73 Å². The molecule has 6 heteroatoms. The molecule has 1 aromatic rings. The lowest BCUT2D eigenvalue weighted by Crippen LogP contribution is -2.29. The maximum Gasteiger partial charge on any atom is 0.251 e. The predicted octanol–water partition coefficient (Wildman–Crippen LogP) is 2.34. The molecule has 0 spiro atoms. The van der Waals surface area contributed by atoms with Crippen LogP contribution in [0.1, 0.15) is 29.6 Å². The van der Waals surface area contributed by atoms with Gasteiger partial charge < -0.3 is 16.4 Å². The van der Waals surface area contributed by atoms with Crippen LogP contribution in [0.3, 0.4) is 0 Å². The largest absolute Gasteiger partial charge is 0.349 e. The Labute approximate surface area is 143 Å². The second-order valence-electron chi connectivity index (χ2n) is 5.60. The van der Waals surface area contributed by atoms with E-state index in [1.54, 1.807) is 30.3 Å². The summed E-state index contributed by atoms with van der Waals surface area (Å²) in [5, 5.41) is 5.62. The summed E-state index contributed by atoms with van der Waals surface area (Å²) in [5.41, 5.74) is 6.97. The third-order valence-corrected chi connectivity index (χ3v) is 4.12. The Morgan fingerprint density at radius 3 is 2.57 bits per heavy atom. The molecule has 0 bridgehead atoms. The Morgan fingerprint density at radius 1 is 1.26 bits per heavy atom. The lowest BCUT2D eigenvalue weighted by molar-refractivity contribution is -0.120.